The second-order valence-electron chi connectivity index (χ2n) is 6.09. The van der Waals surface area contributed by atoms with Crippen LogP contribution in [0.2, 0.25) is 0 Å². The minimum atomic E-state index is -0.574. The van der Waals surface area contributed by atoms with Crippen molar-refractivity contribution in [2.75, 3.05) is 6.61 Å². The van der Waals surface area contributed by atoms with Gasteiger partial charge < -0.3 is 19.3 Å². The van der Waals surface area contributed by atoms with Crippen LogP contribution in [0.1, 0.15) is 104 Å². The Morgan fingerprint density at radius 1 is 0.935 bits per heavy atom. The largest absolute Gasteiger partial charge is 0.463 e. The van der Waals surface area contributed by atoms with Crippen molar-refractivity contribution in [1.29, 1.82) is 0 Å². The van der Waals surface area contributed by atoms with Crippen molar-refractivity contribution in [2.24, 2.45) is 0 Å². The number of aliphatic hydroxyl groups excluding tert-OH is 1. The molecule has 0 fully saturated rings. The molecule has 0 rings (SSSR count). The average molecular weight is 455 g/mol. The number of carbonyl (C=O) groups is 3. The molecule has 0 aliphatic rings. The Labute approximate surface area is 193 Å². The summed E-state index contributed by atoms with van der Waals surface area (Å²) >= 11 is 0. The lowest BCUT2D eigenvalue weighted by molar-refractivity contribution is -0.155. The van der Waals surface area contributed by atoms with Crippen LogP contribution in [0, 0.1) is 0 Å². The van der Waals surface area contributed by atoms with E-state index in [1.807, 2.05) is 6.92 Å². The number of esters is 3. The van der Waals surface area contributed by atoms with Gasteiger partial charge in [-0.25, -0.2) is 4.79 Å². The fraction of sp³-hybridized carbons (Fsp3) is 0.792. The van der Waals surface area contributed by atoms with Gasteiger partial charge in [-0.2, -0.15) is 0 Å². The third kappa shape index (κ3) is 26.1. The van der Waals surface area contributed by atoms with Crippen LogP contribution in [0.25, 0.3) is 0 Å². The predicted octanol–water partition coefficient (Wildman–Crippen LogP) is 6.12. The lowest BCUT2D eigenvalue weighted by Crippen LogP contribution is -2.28. The molecule has 0 saturated heterocycles. The number of carbonyl (C=O) groups excluding carboxylic acids is 3. The van der Waals surface area contributed by atoms with Gasteiger partial charge in [0.1, 0.15) is 12.2 Å². The SMILES string of the molecule is C.C.C.C.C.C.C=C(C)C(=O)OCCCC(=O)OC(C)CC(CC(O)CC)OC(C)=O. The van der Waals surface area contributed by atoms with Crippen LogP contribution in [0.5, 0.6) is 0 Å². The van der Waals surface area contributed by atoms with Gasteiger partial charge in [0.25, 0.3) is 0 Å². The second-order valence-corrected chi connectivity index (χ2v) is 6.09. The van der Waals surface area contributed by atoms with E-state index in [4.69, 9.17) is 14.2 Å². The van der Waals surface area contributed by atoms with E-state index in [1.165, 1.54) is 6.92 Å². The van der Waals surface area contributed by atoms with Crippen LogP contribution in [-0.2, 0) is 28.6 Å². The molecule has 0 aliphatic carbocycles. The minimum absolute atomic E-state index is 0. The summed E-state index contributed by atoms with van der Waals surface area (Å²) in [6.45, 7) is 9.97. The number of hydrogen-bond donors (Lipinski definition) is 1. The summed E-state index contributed by atoms with van der Waals surface area (Å²) in [7, 11) is 0. The van der Waals surface area contributed by atoms with Gasteiger partial charge in [0.15, 0.2) is 0 Å². The molecular formula is C24H54O7. The molecule has 0 aromatic rings. The molecule has 0 amide bonds. The molecule has 7 nitrogen and oxygen atoms in total. The zero-order valence-electron chi connectivity index (χ0n) is 15.6. The van der Waals surface area contributed by atoms with Crippen LogP contribution < -0.4 is 0 Å². The topological polar surface area (TPSA) is 99.1 Å². The summed E-state index contributed by atoms with van der Waals surface area (Å²) in [5.41, 5.74) is 0.307. The van der Waals surface area contributed by atoms with E-state index >= 15 is 0 Å². The molecule has 0 aliphatic heterocycles. The van der Waals surface area contributed by atoms with Gasteiger partial charge in [0, 0.05) is 31.8 Å². The fourth-order valence-corrected chi connectivity index (χ4v) is 2.10. The van der Waals surface area contributed by atoms with Gasteiger partial charge in [-0.3, -0.25) is 9.59 Å². The van der Waals surface area contributed by atoms with Gasteiger partial charge >= 0.3 is 17.9 Å². The van der Waals surface area contributed by atoms with Crippen molar-refractivity contribution in [3.8, 4) is 0 Å². The molecule has 0 radical (unpaired) electrons. The average Bonchev–Trinajstić information content (AvgIpc) is 2.49. The van der Waals surface area contributed by atoms with Gasteiger partial charge in [0.05, 0.1) is 12.7 Å². The van der Waals surface area contributed by atoms with Gasteiger partial charge in [-0.1, -0.05) is 58.1 Å². The Bertz CT molecular complexity index is 461. The van der Waals surface area contributed by atoms with Crippen molar-refractivity contribution in [3.63, 3.8) is 0 Å². The molecule has 0 aromatic carbocycles. The van der Waals surface area contributed by atoms with Crippen LogP contribution in [0.3, 0.4) is 0 Å². The first kappa shape index (κ1) is 47.1. The number of rotatable bonds is 12. The van der Waals surface area contributed by atoms with E-state index in [0.717, 1.165) is 0 Å². The summed E-state index contributed by atoms with van der Waals surface area (Å²) < 4.78 is 15.3. The smallest absolute Gasteiger partial charge is 0.333 e. The third-order valence-corrected chi connectivity index (χ3v) is 3.37. The van der Waals surface area contributed by atoms with E-state index in [0.29, 0.717) is 31.3 Å². The number of ether oxygens (including phenoxy) is 3. The highest BCUT2D eigenvalue weighted by Gasteiger charge is 2.21. The summed E-state index contributed by atoms with van der Waals surface area (Å²) in [6.07, 6.45) is 0.0909. The maximum absolute atomic E-state index is 11.8. The van der Waals surface area contributed by atoms with Gasteiger partial charge in [-0.15, -0.1) is 0 Å². The Morgan fingerprint density at radius 3 is 1.87 bits per heavy atom. The molecule has 3 unspecified atom stereocenters. The Balaban J connectivity index is -0.000000192. The highest BCUT2D eigenvalue weighted by molar-refractivity contribution is 5.86. The van der Waals surface area contributed by atoms with Crippen LogP contribution in [-0.4, -0.2) is 47.9 Å². The fourth-order valence-electron chi connectivity index (χ4n) is 2.10. The molecular weight excluding hydrogens is 400 g/mol. The molecule has 0 bridgehead atoms. The molecule has 0 spiro atoms. The van der Waals surface area contributed by atoms with E-state index < -0.39 is 36.2 Å². The first-order valence-corrected chi connectivity index (χ1v) is 8.53. The van der Waals surface area contributed by atoms with Crippen molar-refractivity contribution in [3.05, 3.63) is 12.2 Å². The van der Waals surface area contributed by atoms with Crippen LogP contribution >= 0.6 is 0 Å². The highest BCUT2D eigenvalue weighted by atomic mass is 16.6. The summed E-state index contributed by atoms with van der Waals surface area (Å²) in [5, 5.41) is 9.72. The van der Waals surface area contributed by atoms with E-state index in [9.17, 15) is 19.5 Å². The summed E-state index contributed by atoms with van der Waals surface area (Å²) in [4.78, 5) is 34.1. The Hall–Kier alpha value is -1.89. The standard InChI is InChI=1S/C18H30O7.6CH4/c1-6-15(20)11-16(25-14(5)19)10-13(4)24-17(21)8-7-9-23-18(22)12(2)3;;;;;;/h13,15-16,20H,2,6-11H2,1,3-5H3;6*1H4. The van der Waals surface area contributed by atoms with Crippen molar-refractivity contribution < 1.29 is 33.7 Å². The first-order chi connectivity index (χ1) is 11.6. The van der Waals surface area contributed by atoms with Gasteiger partial charge in [-0.05, 0) is 26.7 Å². The maximum Gasteiger partial charge on any atom is 0.333 e. The monoisotopic (exact) mass is 454 g/mol. The number of hydrogen-bond acceptors (Lipinski definition) is 7. The van der Waals surface area contributed by atoms with Crippen LogP contribution in [0.4, 0.5) is 0 Å². The molecule has 0 saturated carbocycles. The van der Waals surface area contributed by atoms with Gasteiger partial charge in [0.2, 0.25) is 0 Å². The Kier molecular flexibility index (Phi) is 39.7. The minimum Gasteiger partial charge on any atom is -0.463 e. The van der Waals surface area contributed by atoms with E-state index in [-0.39, 0.29) is 57.6 Å². The molecule has 1 N–H and O–H groups in total. The third-order valence-electron chi connectivity index (χ3n) is 3.37. The normalized spacial score (nSPS) is 11.4. The second kappa shape index (κ2) is 26.1. The molecule has 0 heterocycles. The molecule has 3 atom stereocenters. The lowest BCUT2D eigenvalue weighted by atomic mass is 10.0. The predicted molar refractivity (Wildman–Crippen MR) is 132 cm³/mol. The lowest BCUT2D eigenvalue weighted by Gasteiger charge is -2.23. The highest BCUT2D eigenvalue weighted by Crippen LogP contribution is 2.15. The van der Waals surface area contributed by atoms with E-state index in [1.54, 1.807) is 13.8 Å². The van der Waals surface area contributed by atoms with Crippen LogP contribution in [0.15, 0.2) is 12.2 Å². The zero-order valence-corrected chi connectivity index (χ0v) is 15.6. The molecule has 7 heteroatoms. The van der Waals surface area contributed by atoms with Crippen molar-refractivity contribution in [1.82, 2.24) is 0 Å². The zero-order chi connectivity index (χ0) is 19.4. The molecule has 31 heavy (non-hydrogen) atoms. The number of aliphatic hydroxyl groups is 1. The summed E-state index contributed by atoms with van der Waals surface area (Å²) in [5.74, 6) is -1.34. The first-order valence-electron chi connectivity index (χ1n) is 8.53. The summed E-state index contributed by atoms with van der Waals surface area (Å²) in [6, 6.07) is 0. The molecule has 0 aromatic heterocycles. The van der Waals surface area contributed by atoms with Crippen molar-refractivity contribution >= 4 is 17.9 Å². The quantitative estimate of drug-likeness (QED) is 0.164. The maximum atomic E-state index is 11.8. The Morgan fingerprint density at radius 2 is 1.45 bits per heavy atom. The van der Waals surface area contributed by atoms with E-state index in [2.05, 4.69) is 6.58 Å². The molecule has 192 valence electrons. The van der Waals surface area contributed by atoms with Crippen molar-refractivity contribution in [2.45, 2.75) is 123 Å².